The molecule has 4 saturated carbocycles. The maximum atomic E-state index is 13.1. The molecule has 136 valence electrons. The van der Waals surface area contributed by atoms with E-state index in [9.17, 15) is 4.79 Å². The highest BCUT2D eigenvalue weighted by molar-refractivity contribution is 9.10. The summed E-state index contributed by atoms with van der Waals surface area (Å²) in [6.45, 7) is 0.529. The molecule has 4 nitrogen and oxygen atoms in total. The Balaban J connectivity index is 1.28. The number of nitrogens with zero attached hydrogens (tertiary/aromatic N) is 2. The highest BCUT2D eigenvalue weighted by Crippen LogP contribution is 2.64. The summed E-state index contributed by atoms with van der Waals surface area (Å²) in [5, 5.41) is 6.23. The Morgan fingerprint density at radius 3 is 2.65 bits per heavy atom. The minimum absolute atomic E-state index is 0.154. The molecule has 0 spiro atoms. The molecule has 4 aliphatic carbocycles. The molecule has 6 rings (SSSR count). The summed E-state index contributed by atoms with van der Waals surface area (Å²) in [6.07, 6.45) is 10.5. The van der Waals surface area contributed by atoms with Gasteiger partial charge in [0, 0.05) is 27.7 Å². The summed E-state index contributed by atoms with van der Waals surface area (Å²) >= 11 is 5.60. The third-order valence-electron chi connectivity index (χ3n) is 6.40. The first kappa shape index (κ1) is 16.9. The maximum Gasteiger partial charge on any atom is 0.226 e. The number of hydrogen-bond acceptors (Lipinski definition) is 4. The van der Waals surface area contributed by atoms with Crippen molar-refractivity contribution in [3.05, 3.63) is 34.9 Å². The van der Waals surface area contributed by atoms with E-state index in [2.05, 4.69) is 36.6 Å². The Labute approximate surface area is 166 Å². The van der Waals surface area contributed by atoms with Crippen molar-refractivity contribution in [1.82, 2.24) is 15.3 Å². The van der Waals surface area contributed by atoms with Crippen LogP contribution < -0.4 is 5.32 Å². The maximum absolute atomic E-state index is 13.1. The summed E-state index contributed by atoms with van der Waals surface area (Å²) in [5.41, 5.74) is 1.87. The van der Waals surface area contributed by atoms with Crippen LogP contribution >= 0.6 is 27.3 Å². The number of carbonyl (C=O) groups excluding carboxylic acids is 1. The van der Waals surface area contributed by atoms with Gasteiger partial charge in [-0.2, -0.15) is 0 Å². The Kier molecular flexibility index (Phi) is 3.98. The second-order valence-corrected chi connectivity index (χ2v) is 11.1. The van der Waals surface area contributed by atoms with Crippen LogP contribution in [0.15, 0.2) is 29.9 Å². The van der Waals surface area contributed by atoms with Gasteiger partial charge >= 0.3 is 0 Å². The second-order valence-electron chi connectivity index (χ2n) is 8.44. The zero-order valence-corrected chi connectivity index (χ0v) is 17.0. The summed E-state index contributed by atoms with van der Waals surface area (Å²) in [6, 6.07) is 3.92. The van der Waals surface area contributed by atoms with Gasteiger partial charge in [-0.05, 0) is 62.5 Å². The number of aromatic nitrogens is 2. The number of rotatable bonds is 4. The highest BCUT2D eigenvalue weighted by Gasteiger charge is 2.59. The quantitative estimate of drug-likeness (QED) is 0.721. The molecule has 2 heterocycles. The summed E-state index contributed by atoms with van der Waals surface area (Å²) in [7, 11) is 0. The van der Waals surface area contributed by atoms with E-state index in [1.165, 1.54) is 19.3 Å². The molecule has 4 bridgehead atoms. The lowest BCUT2D eigenvalue weighted by Gasteiger charge is -2.59. The third-order valence-corrected chi connectivity index (χ3v) is 8.18. The molecule has 2 unspecified atom stereocenters. The van der Waals surface area contributed by atoms with Gasteiger partial charge in [-0.15, -0.1) is 11.3 Å². The van der Waals surface area contributed by atoms with E-state index >= 15 is 0 Å². The lowest BCUT2D eigenvalue weighted by atomic mass is 9.49. The number of pyridine rings is 1. The fourth-order valence-electron chi connectivity index (χ4n) is 5.81. The van der Waals surface area contributed by atoms with E-state index in [1.54, 1.807) is 23.7 Å². The lowest BCUT2D eigenvalue weighted by Crippen LogP contribution is -2.58. The Bertz CT molecular complexity index is 823. The summed E-state index contributed by atoms with van der Waals surface area (Å²) in [5.74, 6) is 1.69. The largest absolute Gasteiger partial charge is 0.349 e. The van der Waals surface area contributed by atoms with Gasteiger partial charge in [-0.3, -0.25) is 9.78 Å². The monoisotopic (exact) mass is 431 g/mol. The van der Waals surface area contributed by atoms with Gasteiger partial charge in [0.1, 0.15) is 5.01 Å². The topological polar surface area (TPSA) is 54.9 Å². The van der Waals surface area contributed by atoms with Crippen LogP contribution in [0.25, 0.3) is 11.3 Å². The first-order valence-corrected chi connectivity index (χ1v) is 11.0. The number of hydrogen-bond donors (Lipinski definition) is 1. The average Bonchev–Trinajstić information content (AvgIpc) is 3.07. The second kappa shape index (κ2) is 6.13. The van der Waals surface area contributed by atoms with Crippen molar-refractivity contribution in [3.63, 3.8) is 0 Å². The van der Waals surface area contributed by atoms with E-state index in [1.807, 2.05) is 12.1 Å². The zero-order chi connectivity index (χ0) is 17.8. The van der Waals surface area contributed by atoms with Crippen LogP contribution in [0.5, 0.6) is 0 Å². The van der Waals surface area contributed by atoms with Crippen molar-refractivity contribution in [2.45, 2.75) is 49.4 Å². The van der Waals surface area contributed by atoms with Gasteiger partial charge in [0.25, 0.3) is 0 Å². The fourth-order valence-corrected chi connectivity index (χ4v) is 8.00. The number of carbonyl (C=O) groups is 1. The predicted molar refractivity (Wildman–Crippen MR) is 106 cm³/mol. The van der Waals surface area contributed by atoms with Crippen molar-refractivity contribution >= 4 is 33.2 Å². The van der Waals surface area contributed by atoms with Gasteiger partial charge in [0.15, 0.2) is 0 Å². The highest BCUT2D eigenvalue weighted by atomic mass is 79.9. The van der Waals surface area contributed by atoms with Crippen LogP contribution in [0.2, 0.25) is 0 Å². The predicted octanol–water partition coefficient (Wildman–Crippen LogP) is 4.56. The third kappa shape index (κ3) is 2.91. The molecule has 0 radical (unpaired) electrons. The lowest BCUT2D eigenvalue weighted by molar-refractivity contribution is -0.144. The molecule has 0 aromatic carbocycles. The molecule has 6 heteroatoms. The van der Waals surface area contributed by atoms with Crippen LogP contribution in [0.4, 0.5) is 0 Å². The van der Waals surface area contributed by atoms with Gasteiger partial charge in [0.2, 0.25) is 5.91 Å². The smallest absolute Gasteiger partial charge is 0.226 e. The van der Waals surface area contributed by atoms with Crippen molar-refractivity contribution < 1.29 is 4.79 Å². The summed E-state index contributed by atoms with van der Waals surface area (Å²) < 4.78 is 0.212. The number of amides is 1. The number of halogens is 1. The van der Waals surface area contributed by atoms with E-state index < -0.39 is 0 Å². The molecule has 2 aromatic heterocycles. The van der Waals surface area contributed by atoms with Crippen LogP contribution in [0.1, 0.15) is 43.5 Å². The molecule has 26 heavy (non-hydrogen) atoms. The van der Waals surface area contributed by atoms with Crippen molar-refractivity contribution in [1.29, 1.82) is 0 Å². The fraction of sp³-hybridized carbons (Fsp3) is 0.550. The SMILES string of the molecule is O=C(NCc1nc(-c2ccncc2)cs1)C12CC3CC(CC(Br)(C3)C1)C2. The molecule has 4 aliphatic rings. The van der Waals surface area contributed by atoms with Gasteiger partial charge in [-0.1, -0.05) is 15.9 Å². The Morgan fingerprint density at radius 1 is 1.23 bits per heavy atom. The molecule has 1 N–H and O–H groups in total. The van der Waals surface area contributed by atoms with Crippen LogP contribution in [0, 0.1) is 17.3 Å². The van der Waals surface area contributed by atoms with Gasteiger partial charge in [-0.25, -0.2) is 4.98 Å². The van der Waals surface area contributed by atoms with Crippen LogP contribution in [0.3, 0.4) is 0 Å². The summed E-state index contributed by atoms with van der Waals surface area (Å²) in [4.78, 5) is 21.9. The molecular formula is C20H22BrN3OS. The number of thiazole rings is 1. The van der Waals surface area contributed by atoms with Gasteiger partial charge in [0.05, 0.1) is 17.7 Å². The van der Waals surface area contributed by atoms with Crippen molar-refractivity contribution in [2.75, 3.05) is 0 Å². The average molecular weight is 432 g/mol. The van der Waals surface area contributed by atoms with Crippen molar-refractivity contribution in [2.24, 2.45) is 17.3 Å². The van der Waals surface area contributed by atoms with E-state index in [0.29, 0.717) is 6.54 Å². The number of alkyl halides is 1. The van der Waals surface area contributed by atoms with E-state index in [4.69, 9.17) is 0 Å². The minimum atomic E-state index is -0.154. The normalized spacial score (nSPS) is 34.8. The standard InChI is InChI=1S/C20H22BrN3OS/c21-20-8-13-5-14(9-20)7-19(6-13,12-20)18(25)23-10-17-24-16(11-26-17)15-1-3-22-4-2-15/h1-4,11,13-14H,5-10,12H2,(H,23,25). The molecule has 4 fully saturated rings. The molecule has 2 aromatic rings. The van der Waals surface area contributed by atoms with Gasteiger partial charge < -0.3 is 5.32 Å². The van der Waals surface area contributed by atoms with E-state index in [0.717, 1.165) is 47.4 Å². The molecular weight excluding hydrogens is 410 g/mol. The molecule has 0 saturated heterocycles. The molecule has 0 aliphatic heterocycles. The first-order valence-electron chi connectivity index (χ1n) is 9.36. The number of nitrogens with one attached hydrogen (secondary N) is 1. The Morgan fingerprint density at radius 2 is 1.96 bits per heavy atom. The molecule has 2 atom stereocenters. The van der Waals surface area contributed by atoms with Crippen molar-refractivity contribution in [3.8, 4) is 11.3 Å². The molecule has 1 amide bonds. The minimum Gasteiger partial charge on any atom is -0.349 e. The Hall–Kier alpha value is -1.27. The van der Waals surface area contributed by atoms with Crippen LogP contribution in [-0.4, -0.2) is 20.2 Å². The van der Waals surface area contributed by atoms with E-state index in [-0.39, 0.29) is 15.6 Å². The first-order chi connectivity index (χ1) is 12.5. The zero-order valence-electron chi connectivity index (χ0n) is 14.6. The van der Waals surface area contributed by atoms with Crippen LogP contribution in [-0.2, 0) is 11.3 Å².